The van der Waals surface area contributed by atoms with Crippen LogP contribution in [0.15, 0.2) is 30.6 Å². The lowest BCUT2D eigenvalue weighted by Gasteiger charge is -2.06. The Morgan fingerprint density at radius 3 is 2.96 bits per heavy atom. The minimum atomic E-state index is -0.479. The summed E-state index contributed by atoms with van der Waals surface area (Å²) in [7, 11) is 0. The zero-order chi connectivity index (χ0) is 17.8. The fourth-order valence-corrected chi connectivity index (χ4v) is 3.08. The molecule has 0 bridgehead atoms. The van der Waals surface area contributed by atoms with Crippen LogP contribution in [0, 0.1) is 17.7 Å². The molecule has 3 rings (SSSR count). The van der Waals surface area contributed by atoms with Crippen molar-refractivity contribution < 1.29 is 9.18 Å². The fourth-order valence-electron chi connectivity index (χ4n) is 2.03. The minimum absolute atomic E-state index is 0.0325. The van der Waals surface area contributed by atoms with Gasteiger partial charge in [0.05, 0.1) is 21.8 Å². The van der Waals surface area contributed by atoms with E-state index >= 15 is 0 Å². The Balaban J connectivity index is 1.86. The second-order valence-corrected chi connectivity index (χ2v) is 6.46. The zero-order valence-electron chi connectivity index (χ0n) is 13.1. The van der Waals surface area contributed by atoms with Crippen molar-refractivity contribution in [3.8, 4) is 11.8 Å². The highest BCUT2D eigenvalue weighted by molar-refractivity contribution is 7.19. The summed E-state index contributed by atoms with van der Waals surface area (Å²) in [5, 5.41) is 6.56. The van der Waals surface area contributed by atoms with Gasteiger partial charge in [-0.25, -0.2) is 14.4 Å². The van der Waals surface area contributed by atoms with Gasteiger partial charge in [0.15, 0.2) is 0 Å². The Hall–Kier alpha value is -2.69. The van der Waals surface area contributed by atoms with E-state index in [-0.39, 0.29) is 17.5 Å². The highest BCUT2D eigenvalue weighted by atomic mass is 35.5. The largest absolute Gasteiger partial charge is 0.345 e. The number of benzene rings is 1. The van der Waals surface area contributed by atoms with Gasteiger partial charge in [0.1, 0.15) is 22.8 Å². The molecule has 126 valence electrons. The van der Waals surface area contributed by atoms with Crippen LogP contribution in [0.1, 0.15) is 11.8 Å². The Kier molecular flexibility index (Phi) is 5.12. The third-order valence-electron chi connectivity index (χ3n) is 3.15. The van der Waals surface area contributed by atoms with Gasteiger partial charge in [0, 0.05) is 12.6 Å². The van der Waals surface area contributed by atoms with Crippen LogP contribution in [0.4, 0.5) is 15.9 Å². The van der Waals surface area contributed by atoms with Crippen molar-refractivity contribution in [1.29, 1.82) is 0 Å². The van der Waals surface area contributed by atoms with Crippen molar-refractivity contribution in [3.63, 3.8) is 0 Å². The summed E-state index contributed by atoms with van der Waals surface area (Å²) in [6, 6.07) is 6.23. The molecule has 0 aliphatic rings. The maximum absolute atomic E-state index is 13.3. The summed E-state index contributed by atoms with van der Waals surface area (Å²) in [5.74, 6) is 5.84. The average Bonchev–Trinajstić information content (AvgIpc) is 2.99. The molecule has 0 fully saturated rings. The highest BCUT2D eigenvalue weighted by Gasteiger charge is 2.09. The lowest BCUT2D eigenvalue weighted by molar-refractivity contribution is -0.118. The van der Waals surface area contributed by atoms with E-state index in [0.717, 1.165) is 15.1 Å². The molecule has 25 heavy (non-hydrogen) atoms. The molecule has 0 aliphatic heterocycles. The predicted octanol–water partition coefficient (Wildman–Crippen LogP) is 3.72. The number of carbonyl (C=O) groups is 1. The summed E-state index contributed by atoms with van der Waals surface area (Å²) in [6.07, 6.45) is 1.45. The molecule has 5 nitrogen and oxygen atoms in total. The molecular weight excluding hydrogens is 363 g/mol. The zero-order valence-corrected chi connectivity index (χ0v) is 14.6. The Morgan fingerprint density at radius 2 is 2.20 bits per heavy atom. The Labute approximate surface area is 152 Å². The van der Waals surface area contributed by atoms with Gasteiger partial charge < -0.3 is 10.6 Å². The van der Waals surface area contributed by atoms with Gasteiger partial charge in [-0.2, -0.15) is 0 Å². The van der Waals surface area contributed by atoms with Gasteiger partial charge in [-0.1, -0.05) is 23.4 Å². The van der Waals surface area contributed by atoms with Crippen LogP contribution >= 0.6 is 22.9 Å². The first-order valence-corrected chi connectivity index (χ1v) is 8.42. The number of hydrogen-bond donors (Lipinski definition) is 2. The molecule has 1 aromatic carbocycles. The standard InChI is InChI=1S/C17H12ClFN4OS/c1-10(24)20-6-2-3-12-8-13-16(21-9-22-17(13)25-12)23-11-4-5-15(19)14(18)7-11/h4-5,7-9H,6H2,1H3,(H,20,24)(H,21,22,23). The number of aromatic nitrogens is 2. The van der Waals surface area contributed by atoms with Gasteiger partial charge in [0.25, 0.3) is 0 Å². The minimum Gasteiger partial charge on any atom is -0.345 e. The van der Waals surface area contributed by atoms with E-state index in [4.69, 9.17) is 11.6 Å². The number of anilines is 2. The van der Waals surface area contributed by atoms with Crippen LogP contribution in [-0.4, -0.2) is 22.4 Å². The first kappa shape index (κ1) is 17.1. The Bertz CT molecular complexity index is 1010. The Morgan fingerprint density at radius 1 is 1.36 bits per heavy atom. The number of hydrogen-bond acceptors (Lipinski definition) is 5. The summed E-state index contributed by atoms with van der Waals surface area (Å²) < 4.78 is 13.3. The van der Waals surface area contributed by atoms with Gasteiger partial charge in [0.2, 0.25) is 5.91 Å². The van der Waals surface area contributed by atoms with Crippen molar-refractivity contribution in [2.75, 3.05) is 11.9 Å². The van der Waals surface area contributed by atoms with Crippen molar-refractivity contribution >= 4 is 50.6 Å². The predicted molar refractivity (Wildman–Crippen MR) is 97.7 cm³/mol. The van der Waals surface area contributed by atoms with E-state index in [1.165, 1.54) is 36.7 Å². The molecule has 0 saturated carbocycles. The molecular formula is C17H12ClFN4OS. The number of nitrogens with zero attached hydrogens (tertiary/aromatic N) is 2. The van der Waals surface area contributed by atoms with Gasteiger partial charge in [-0.15, -0.1) is 11.3 Å². The second kappa shape index (κ2) is 7.47. The van der Waals surface area contributed by atoms with Gasteiger partial charge >= 0.3 is 0 Å². The van der Waals surface area contributed by atoms with Crippen molar-refractivity contribution in [3.05, 3.63) is 46.3 Å². The maximum Gasteiger partial charge on any atom is 0.217 e. The maximum atomic E-state index is 13.3. The van der Waals surface area contributed by atoms with E-state index < -0.39 is 5.82 Å². The third-order valence-corrected chi connectivity index (χ3v) is 4.40. The fraction of sp³-hybridized carbons (Fsp3) is 0.118. The van der Waals surface area contributed by atoms with Crippen molar-refractivity contribution in [2.45, 2.75) is 6.92 Å². The van der Waals surface area contributed by atoms with Gasteiger partial charge in [-0.05, 0) is 24.3 Å². The lowest BCUT2D eigenvalue weighted by atomic mass is 10.3. The highest BCUT2D eigenvalue weighted by Crippen LogP contribution is 2.30. The topological polar surface area (TPSA) is 66.9 Å². The van der Waals surface area contributed by atoms with Crippen LogP contribution in [-0.2, 0) is 4.79 Å². The molecule has 3 aromatic rings. The smallest absolute Gasteiger partial charge is 0.217 e. The van der Waals surface area contributed by atoms with Crippen LogP contribution < -0.4 is 10.6 Å². The molecule has 0 radical (unpaired) electrons. The summed E-state index contributed by atoms with van der Waals surface area (Å²) in [5.41, 5.74) is 0.621. The molecule has 2 N–H and O–H groups in total. The van der Waals surface area contributed by atoms with Crippen molar-refractivity contribution in [2.24, 2.45) is 0 Å². The lowest BCUT2D eigenvalue weighted by Crippen LogP contribution is -2.19. The number of carbonyl (C=O) groups excluding carboxylic acids is 1. The first-order valence-electron chi connectivity index (χ1n) is 7.23. The van der Waals surface area contributed by atoms with Crippen LogP contribution in [0.2, 0.25) is 5.02 Å². The average molecular weight is 375 g/mol. The number of fused-ring (bicyclic) bond motifs is 1. The molecule has 0 unspecified atom stereocenters. The summed E-state index contributed by atoms with van der Waals surface area (Å²) in [4.78, 5) is 20.9. The molecule has 8 heteroatoms. The molecule has 0 aliphatic carbocycles. The van der Waals surface area contributed by atoms with Crippen LogP contribution in [0.3, 0.4) is 0 Å². The van der Waals surface area contributed by atoms with Crippen molar-refractivity contribution in [1.82, 2.24) is 15.3 Å². The summed E-state index contributed by atoms with van der Waals surface area (Å²) >= 11 is 7.22. The molecule has 0 atom stereocenters. The molecule has 1 amide bonds. The number of nitrogens with one attached hydrogen (secondary N) is 2. The molecule has 2 heterocycles. The third kappa shape index (κ3) is 4.24. The monoisotopic (exact) mass is 374 g/mol. The normalized spacial score (nSPS) is 10.2. The summed E-state index contributed by atoms with van der Waals surface area (Å²) in [6.45, 7) is 1.73. The SMILES string of the molecule is CC(=O)NCC#Cc1cc2c(Nc3ccc(F)c(Cl)c3)ncnc2s1. The van der Waals surface area contributed by atoms with Crippen LogP contribution in [0.5, 0.6) is 0 Å². The molecule has 2 aromatic heterocycles. The molecule has 0 spiro atoms. The van der Waals surface area contributed by atoms with Gasteiger partial charge in [-0.3, -0.25) is 4.79 Å². The first-order chi connectivity index (χ1) is 12.0. The van der Waals surface area contributed by atoms with Crippen LogP contribution in [0.25, 0.3) is 10.2 Å². The van der Waals surface area contributed by atoms with E-state index in [0.29, 0.717) is 11.5 Å². The number of halogens is 2. The van der Waals surface area contributed by atoms with E-state index in [1.54, 1.807) is 6.07 Å². The number of amides is 1. The number of rotatable bonds is 3. The quantitative estimate of drug-likeness (QED) is 0.686. The van der Waals surface area contributed by atoms with E-state index in [1.807, 2.05) is 6.07 Å². The second-order valence-electron chi connectivity index (χ2n) is 5.02. The van der Waals surface area contributed by atoms with E-state index in [2.05, 4.69) is 32.4 Å². The number of thiophene rings is 1. The van der Waals surface area contributed by atoms with E-state index in [9.17, 15) is 9.18 Å². The molecule has 0 saturated heterocycles.